The second kappa shape index (κ2) is 9.76. The highest BCUT2D eigenvalue weighted by Crippen LogP contribution is 2.45. The van der Waals surface area contributed by atoms with E-state index in [-0.39, 0.29) is 23.8 Å². The van der Waals surface area contributed by atoms with Crippen LogP contribution in [0.1, 0.15) is 32.4 Å². The Morgan fingerprint density at radius 1 is 1.11 bits per heavy atom. The number of methoxy groups -OCH3 is 1. The van der Waals surface area contributed by atoms with Crippen molar-refractivity contribution in [2.75, 3.05) is 25.2 Å². The predicted molar refractivity (Wildman–Crippen MR) is 130 cm³/mol. The van der Waals surface area contributed by atoms with Crippen molar-refractivity contribution in [3.05, 3.63) is 78.1 Å². The van der Waals surface area contributed by atoms with Crippen molar-refractivity contribution in [3.8, 4) is 17.0 Å². The molecule has 1 aliphatic heterocycles. The highest BCUT2D eigenvalue weighted by Gasteiger charge is 2.47. The van der Waals surface area contributed by atoms with Crippen LogP contribution in [0.5, 0.6) is 5.88 Å². The Kier molecular flexibility index (Phi) is 6.75. The van der Waals surface area contributed by atoms with Crippen LogP contribution in [0.4, 0.5) is 5.69 Å². The Morgan fingerprint density at radius 2 is 1.86 bits per heavy atom. The van der Waals surface area contributed by atoms with E-state index in [1.165, 1.54) is 4.90 Å². The number of hydrogen-bond acceptors (Lipinski definition) is 7. The zero-order valence-corrected chi connectivity index (χ0v) is 20.1. The van der Waals surface area contributed by atoms with Crippen molar-refractivity contribution in [2.45, 2.75) is 26.8 Å². The molecule has 0 saturated carbocycles. The van der Waals surface area contributed by atoms with Gasteiger partial charge in [-0.05, 0) is 35.9 Å². The number of rotatable bonds is 8. The van der Waals surface area contributed by atoms with E-state index in [4.69, 9.17) is 13.9 Å². The van der Waals surface area contributed by atoms with Gasteiger partial charge in [-0.25, -0.2) is 4.98 Å². The third-order valence-corrected chi connectivity index (χ3v) is 5.76. The molecule has 1 atom stereocenters. The fourth-order valence-corrected chi connectivity index (χ4v) is 4.00. The number of ether oxygens (including phenoxy) is 2. The maximum Gasteiger partial charge on any atom is 0.294 e. The number of aromatic nitrogens is 1. The fraction of sp³-hybridized carbons (Fsp3) is 0.296. The second-order valence-electron chi connectivity index (χ2n) is 9.22. The molecule has 1 unspecified atom stereocenters. The smallest absolute Gasteiger partial charge is 0.294 e. The number of benzene rings is 1. The number of carbonyl (C=O) groups excluding carboxylic acids is 2. The van der Waals surface area contributed by atoms with E-state index in [9.17, 15) is 14.7 Å². The van der Waals surface area contributed by atoms with Crippen LogP contribution in [0, 0.1) is 5.41 Å². The summed E-state index contributed by atoms with van der Waals surface area (Å²) in [5.74, 6) is -1.31. The van der Waals surface area contributed by atoms with Crippen LogP contribution in [0.25, 0.3) is 11.1 Å². The summed E-state index contributed by atoms with van der Waals surface area (Å²) >= 11 is 0. The molecule has 182 valence electrons. The summed E-state index contributed by atoms with van der Waals surface area (Å²) in [5, 5.41) is 10.9. The molecule has 1 amide bonds. The number of pyridine rings is 1. The van der Waals surface area contributed by atoms with Gasteiger partial charge in [0.1, 0.15) is 12.6 Å². The summed E-state index contributed by atoms with van der Waals surface area (Å²) in [6, 6.07) is 11.6. The van der Waals surface area contributed by atoms with Crippen molar-refractivity contribution >= 4 is 17.4 Å². The van der Waals surface area contributed by atoms with Gasteiger partial charge in [-0.1, -0.05) is 32.9 Å². The first kappa shape index (κ1) is 24.2. The van der Waals surface area contributed by atoms with Gasteiger partial charge in [0, 0.05) is 35.5 Å². The van der Waals surface area contributed by atoms with Gasteiger partial charge >= 0.3 is 0 Å². The molecule has 1 aliphatic rings. The summed E-state index contributed by atoms with van der Waals surface area (Å²) in [6.45, 7) is 5.82. The van der Waals surface area contributed by atoms with Gasteiger partial charge in [-0.15, -0.1) is 0 Å². The number of aliphatic hydroxyl groups excluding tert-OH is 1. The zero-order valence-electron chi connectivity index (χ0n) is 20.1. The Morgan fingerprint density at radius 3 is 2.49 bits per heavy atom. The summed E-state index contributed by atoms with van der Waals surface area (Å²) < 4.78 is 16.1. The van der Waals surface area contributed by atoms with Crippen LogP contribution in [-0.2, 0) is 14.3 Å². The topological polar surface area (TPSA) is 102 Å². The van der Waals surface area contributed by atoms with Crippen molar-refractivity contribution in [2.24, 2.45) is 5.41 Å². The van der Waals surface area contributed by atoms with Gasteiger partial charge < -0.3 is 19.0 Å². The van der Waals surface area contributed by atoms with E-state index >= 15 is 0 Å². The summed E-state index contributed by atoms with van der Waals surface area (Å²) in [4.78, 5) is 32.6. The SMILES string of the molecule is COCCOc1ncccc1C1C(C(=O)C(C)(C)C)=C(O)C(=O)N1c1ccc(-c2ccoc2)cc1. The molecule has 1 aromatic carbocycles. The maximum absolute atomic E-state index is 13.5. The highest BCUT2D eigenvalue weighted by molar-refractivity contribution is 6.17. The summed E-state index contributed by atoms with van der Waals surface area (Å²) in [7, 11) is 1.56. The molecule has 4 rings (SSSR count). The average Bonchev–Trinajstić information content (AvgIpc) is 3.46. The van der Waals surface area contributed by atoms with Gasteiger partial charge in [0.2, 0.25) is 5.88 Å². The van der Waals surface area contributed by atoms with Crippen LogP contribution in [0.15, 0.2) is 76.9 Å². The molecule has 0 radical (unpaired) electrons. The van der Waals surface area contributed by atoms with E-state index in [1.54, 1.807) is 70.9 Å². The molecule has 0 spiro atoms. The molecular formula is C27H28N2O6. The minimum Gasteiger partial charge on any atom is -0.503 e. The highest BCUT2D eigenvalue weighted by atomic mass is 16.5. The normalized spacial score (nSPS) is 16.2. The monoisotopic (exact) mass is 476 g/mol. The maximum atomic E-state index is 13.5. The molecule has 35 heavy (non-hydrogen) atoms. The van der Waals surface area contributed by atoms with Crippen LogP contribution < -0.4 is 9.64 Å². The molecule has 1 N–H and O–H groups in total. The van der Waals surface area contributed by atoms with Crippen LogP contribution in [0.2, 0.25) is 0 Å². The lowest BCUT2D eigenvalue weighted by Crippen LogP contribution is -2.33. The lowest BCUT2D eigenvalue weighted by atomic mass is 9.82. The van der Waals surface area contributed by atoms with Gasteiger partial charge in [0.25, 0.3) is 5.91 Å². The number of ketones is 1. The number of aliphatic hydroxyl groups is 1. The van der Waals surface area contributed by atoms with Gasteiger partial charge in [-0.2, -0.15) is 0 Å². The predicted octanol–water partition coefficient (Wildman–Crippen LogP) is 4.88. The zero-order chi connectivity index (χ0) is 25.2. The number of anilines is 1. The molecule has 0 bridgehead atoms. The largest absolute Gasteiger partial charge is 0.503 e. The molecule has 8 heteroatoms. The van der Waals surface area contributed by atoms with Crippen molar-refractivity contribution in [1.82, 2.24) is 4.98 Å². The quantitative estimate of drug-likeness (QED) is 0.462. The number of Topliss-reactive ketones (excluding diaryl/α,β-unsaturated/α-hetero) is 1. The van der Waals surface area contributed by atoms with E-state index in [0.29, 0.717) is 17.9 Å². The Hall–Kier alpha value is -3.91. The third-order valence-electron chi connectivity index (χ3n) is 5.76. The Labute approximate surface area is 203 Å². The minimum absolute atomic E-state index is 0.0194. The first-order valence-electron chi connectivity index (χ1n) is 11.2. The molecule has 8 nitrogen and oxygen atoms in total. The summed E-state index contributed by atoms with van der Waals surface area (Å²) in [5.41, 5.74) is 1.99. The number of carbonyl (C=O) groups is 2. The number of hydrogen-bond donors (Lipinski definition) is 1. The molecule has 0 saturated heterocycles. The van der Waals surface area contributed by atoms with Crippen LogP contribution >= 0.6 is 0 Å². The molecule has 3 heterocycles. The average molecular weight is 477 g/mol. The lowest BCUT2D eigenvalue weighted by Gasteiger charge is -2.29. The third kappa shape index (κ3) is 4.70. The Balaban J connectivity index is 1.82. The van der Waals surface area contributed by atoms with Crippen LogP contribution in [-0.4, -0.2) is 42.1 Å². The first-order chi connectivity index (χ1) is 16.7. The van der Waals surface area contributed by atoms with E-state index in [1.807, 2.05) is 18.2 Å². The van der Waals surface area contributed by atoms with Gasteiger partial charge in [0.05, 0.1) is 24.7 Å². The number of amides is 1. The van der Waals surface area contributed by atoms with Gasteiger partial charge in [0.15, 0.2) is 11.5 Å². The molecule has 2 aromatic heterocycles. The second-order valence-corrected chi connectivity index (χ2v) is 9.22. The molecule has 0 aliphatic carbocycles. The van der Waals surface area contributed by atoms with Crippen molar-refractivity contribution in [3.63, 3.8) is 0 Å². The first-order valence-corrected chi connectivity index (χ1v) is 11.2. The number of furan rings is 1. The van der Waals surface area contributed by atoms with E-state index in [0.717, 1.165) is 11.1 Å². The van der Waals surface area contributed by atoms with Gasteiger partial charge in [-0.3, -0.25) is 14.5 Å². The van der Waals surface area contributed by atoms with Crippen molar-refractivity contribution < 1.29 is 28.6 Å². The Bertz CT molecular complexity index is 1240. The standard InChI is InChI=1S/C27H28N2O6/c1-27(2,3)24(31)21-22(20-6-5-12-28-25(20)35-15-14-33-4)29(26(32)23(21)30)19-9-7-17(8-10-19)18-11-13-34-16-18/h5-13,16,22,30H,14-15H2,1-4H3. The van der Waals surface area contributed by atoms with Crippen LogP contribution in [0.3, 0.4) is 0 Å². The fourth-order valence-electron chi connectivity index (χ4n) is 4.00. The minimum atomic E-state index is -0.916. The number of nitrogens with zero attached hydrogens (tertiary/aromatic N) is 2. The summed E-state index contributed by atoms with van der Waals surface area (Å²) in [6.07, 6.45) is 4.79. The van der Waals surface area contributed by atoms with E-state index in [2.05, 4.69) is 4.98 Å². The van der Waals surface area contributed by atoms with E-state index < -0.39 is 23.1 Å². The molecular weight excluding hydrogens is 448 g/mol. The van der Waals surface area contributed by atoms with Crippen molar-refractivity contribution in [1.29, 1.82) is 0 Å². The molecule has 3 aromatic rings. The lowest BCUT2D eigenvalue weighted by molar-refractivity contribution is -0.123. The molecule has 0 fully saturated rings.